The highest BCUT2D eigenvalue weighted by molar-refractivity contribution is 5.85. The van der Waals surface area contributed by atoms with E-state index in [0.717, 1.165) is 25.6 Å². The summed E-state index contributed by atoms with van der Waals surface area (Å²) in [5.41, 5.74) is 5.43. The molecule has 1 aromatic rings. The zero-order valence-corrected chi connectivity index (χ0v) is 13.6. The van der Waals surface area contributed by atoms with E-state index in [4.69, 9.17) is 10.3 Å². The second-order valence-electron chi connectivity index (χ2n) is 6.21. The van der Waals surface area contributed by atoms with Gasteiger partial charge in [-0.1, -0.05) is 18.5 Å². The van der Waals surface area contributed by atoms with Crippen LogP contribution >= 0.6 is 12.4 Å². The highest BCUT2D eigenvalue weighted by Gasteiger charge is 2.23. The van der Waals surface area contributed by atoms with Crippen LogP contribution in [-0.2, 0) is 12.1 Å². The van der Waals surface area contributed by atoms with Crippen LogP contribution in [0.5, 0.6) is 0 Å². The van der Waals surface area contributed by atoms with Crippen LogP contribution in [0.2, 0.25) is 0 Å². The van der Waals surface area contributed by atoms with E-state index in [1.54, 1.807) is 0 Å². The standard InChI is InChI=1S/C14H26N4O.ClH/c1-4-11-6-5-8-18(9-7-11)10-12-16-13(17-19-12)14(2,3)15;/h11H,4-10,15H2,1-3H3;1H. The fourth-order valence-electron chi connectivity index (χ4n) is 2.56. The number of hydrogen-bond donors (Lipinski definition) is 1. The van der Waals surface area contributed by atoms with Crippen molar-refractivity contribution in [2.45, 2.75) is 58.5 Å². The Bertz CT molecular complexity index is 402. The molecule has 1 fully saturated rings. The van der Waals surface area contributed by atoms with Gasteiger partial charge in [-0.25, -0.2) is 0 Å². The summed E-state index contributed by atoms with van der Waals surface area (Å²) in [6.07, 6.45) is 5.18. The number of hydrogen-bond acceptors (Lipinski definition) is 5. The van der Waals surface area contributed by atoms with E-state index in [1.807, 2.05) is 13.8 Å². The summed E-state index contributed by atoms with van der Waals surface area (Å²) in [6.45, 7) is 9.06. The molecule has 5 nitrogen and oxygen atoms in total. The lowest BCUT2D eigenvalue weighted by molar-refractivity contribution is 0.230. The molecular formula is C14H27ClN4O. The van der Waals surface area contributed by atoms with Crippen LogP contribution in [0.3, 0.4) is 0 Å². The van der Waals surface area contributed by atoms with Gasteiger partial charge in [-0.3, -0.25) is 4.90 Å². The molecule has 0 radical (unpaired) electrons. The van der Waals surface area contributed by atoms with Gasteiger partial charge in [-0.2, -0.15) is 4.98 Å². The van der Waals surface area contributed by atoms with Crippen molar-refractivity contribution in [3.63, 3.8) is 0 Å². The molecule has 116 valence electrons. The molecule has 2 N–H and O–H groups in total. The van der Waals surface area contributed by atoms with Gasteiger partial charge in [-0.15, -0.1) is 12.4 Å². The lowest BCUT2D eigenvalue weighted by Crippen LogP contribution is -2.30. The van der Waals surface area contributed by atoms with Crippen LogP contribution in [0.15, 0.2) is 4.52 Å². The second kappa shape index (κ2) is 7.38. The van der Waals surface area contributed by atoms with Crippen molar-refractivity contribution in [2.24, 2.45) is 11.7 Å². The first kappa shape index (κ1) is 17.4. The fraction of sp³-hybridized carbons (Fsp3) is 0.857. The average Bonchev–Trinajstić information content (AvgIpc) is 2.69. The fourth-order valence-corrected chi connectivity index (χ4v) is 2.56. The molecule has 2 rings (SSSR count). The van der Waals surface area contributed by atoms with Crippen LogP contribution in [0.4, 0.5) is 0 Å². The molecule has 6 heteroatoms. The Morgan fingerprint density at radius 3 is 2.70 bits per heavy atom. The Balaban J connectivity index is 0.00000200. The van der Waals surface area contributed by atoms with E-state index in [2.05, 4.69) is 22.0 Å². The SMILES string of the molecule is CCC1CCCN(Cc2nc(C(C)(C)N)no2)CC1.Cl. The Labute approximate surface area is 127 Å². The summed E-state index contributed by atoms with van der Waals surface area (Å²) in [7, 11) is 0. The van der Waals surface area contributed by atoms with Crippen molar-refractivity contribution in [2.75, 3.05) is 13.1 Å². The molecule has 0 amide bonds. The van der Waals surface area contributed by atoms with Gasteiger partial charge in [0.1, 0.15) is 0 Å². The Kier molecular flexibility index (Phi) is 6.43. The van der Waals surface area contributed by atoms with E-state index in [9.17, 15) is 0 Å². The minimum Gasteiger partial charge on any atom is -0.338 e. The van der Waals surface area contributed by atoms with Gasteiger partial charge in [0.2, 0.25) is 5.89 Å². The molecule has 20 heavy (non-hydrogen) atoms. The largest absolute Gasteiger partial charge is 0.338 e. The molecule has 1 aromatic heterocycles. The van der Waals surface area contributed by atoms with Gasteiger partial charge in [0.15, 0.2) is 5.82 Å². The summed E-state index contributed by atoms with van der Waals surface area (Å²) in [4.78, 5) is 6.81. The molecule has 0 aromatic carbocycles. The molecule has 0 saturated carbocycles. The smallest absolute Gasteiger partial charge is 0.240 e. The first-order valence-electron chi connectivity index (χ1n) is 7.33. The van der Waals surface area contributed by atoms with E-state index < -0.39 is 5.54 Å². The Morgan fingerprint density at radius 1 is 1.35 bits per heavy atom. The molecule has 1 unspecified atom stereocenters. The minimum absolute atomic E-state index is 0. The van der Waals surface area contributed by atoms with Crippen LogP contribution in [0, 0.1) is 5.92 Å². The van der Waals surface area contributed by atoms with Gasteiger partial charge in [0, 0.05) is 0 Å². The number of nitrogens with zero attached hydrogens (tertiary/aromatic N) is 3. The third kappa shape index (κ3) is 4.72. The first-order valence-corrected chi connectivity index (χ1v) is 7.33. The van der Waals surface area contributed by atoms with Gasteiger partial charge < -0.3 is 10.3 Å². The minimum atomic E-state index is -0.534. The Morgan fingerprint density at radius 2 is 2.10 bits per heavy atom. The average molecular weight is 303 g/mol. The number of rotatable bonds is 4. The van der Waals surface area contributed by atoms with Crippen molar-refractivity contribution in [1.29, 1.82) is 0 Å². The van der Waals surface area contributed by atoms with Gasteiger partial charge in [0.25, 0.3) is 0 Å². The van der Waals surface area contributed by atoms with E-state index >= 15 is 0 Å². The van der Waals surface area contributed by atoms with E-state index in [-0.39, 0.29) is 12.4 Å². The highest BCUT2D eigenvalue weighted by atomic mass is 35.5. The Hall–Kier alpha value is -0.650. The number of likely N-dealkylation sites (tertiary alicyclic amines) is 1. The predicted molar refractivity (Wildman–Crippen MR) is 81.7 cm³/mol. The van der Waals surface area contributed by atoms with Crippen molar-refractivity contribution in [3.8, 4) is 0 Å². The highest BCUT2D eigenvalue weighted by Crippen LogP contribution is 2.21. The van der Waals surface area contributed by atoms with E-state index in [1.165, 1.54) is 25.7 Å². The molecule has 1 aliphatic rings. The molecule has 2 heterocycles. The molecule has 0 aliphatic carbocycles. The number of nitrogens with two attached hydrogens (primary N) is 1. The maximum atomic E-state index is 5.97. The number of halogens is 1. The quantitative estimate of drug-likeness (QED) is 0.926. The molecule has 1 aliphatic heterocycles. The van der Waals surface area contributed by atoms with Gasteiger partial charge in [0.05, 0.1) is 12.1 Å². The summed E-state index contributed by atoms with van der Waals surface area (Å²) in [5, 5.41) is 3.97. The second-order valence-corrected chi connectivity index (χ2v) is 6.21. The number of aromatic nitrogens is 2. The third-order valence-corrected chi connectivity index (χ3v) is 3.92. The summed E-state index contributed by atoms with van der Waals surface area (Å²) in [5.74, 6) is 2.15. The maximum Gasteiger partial charge on any atom is 0.240 e. The van der Waals surface area contributed by atoms with Crippen molar-refractivity contribution < 1.29 is 4.52 Å². The van der Waals surface area contributed by atoms with Crippen LogP contribution in [0.1, 0.15) is 58.2 Å². The predicted octanol–water partition coefficient (Wildman–Crippen LogP) is 2.70. The molecule has 1 saturated heterocycles. The summed E-state index contributed by atoms with van der Waals surface area (Å²) < 4.78 is 5.31. The van der Waals surface area contributed by atoms with Gasteiger partial charge in [-0.05, 0) is 52.1 Å². The van der Waals surface area contributed by atoms with E-state index in [0.29, 0.717) is 11.7 Å². The van der Waals surface area contributed by atoms with Gasteiger partial charge >= 0.3 is 0 Å². The van der Waals surface area contributed by atoms with Crippen molar-refractivity contribution in [1.82, 2.24) is 15.0 Å². The normalized spacial score (nSPS) is 21.3. The molecule has 0 spiro atoms. The zero-order chi connectivity index (χ0) is 13.9. The maximum absolute atomic E-state index is 5.97. The molecule has 0 bridgehead atoms. The monoisotopic (exact) mass is 302 g/mol. The van der Waals surface area contributed by atoms with Crippen molar-refractivity contribution in [3.05, 3.63) is 11.7 Å². The summed E-state index contributed by atoms with van der Waals surface area (Å²) in [6, 6.07) is 0. The topological polar surface area (TPSA) is 68.2 Å². The van der Waals surface area contributed by atoms with Crippen LogP contribution < -0.4 is 5.73 Å². The van der Waals surface area contributed by atoms with Crippen LogP contribution in [0.25, 0.3) is 0 Å². The molecule has 1 atom stereocenters. The summed E-state index contributed by atoms with van der Waals surface area (Å²) >= 11 is 0. The molecular weight excluding hydrogens is 276 g/mol. The first-order chi connectivity index (χ1) is 8.99. The lowest BCUT2D eigenvalue weighted by Gasteiger charge is -2.17. The third-order valence-electron chi connectivity index (χ3n) is 3.92. The lowest BCUT2D eigenvalue weighted by atomic mass is 9.98. The van der Waals surface area contributed by atoms with Crippen LogP contribution in [-0.4, -0.2) is 28.1 Å². The van der Waals surface area contributed by atoms with Crippen molar-refractivity contribution >= 4 is 12.4 Å². The zero-order valence-electron chi connectivity index (χ0n) is 12.8.